The fourth-order valence-electron chi connectivity index (χ4n) is 3.29. The third kappa shape index (κ3) is 2.94. The summed E-state index contributed by atoms with van der Waals surface area (Å²) in [5, 5.41) is 21.0. The highest BCUT2D eigenvalue weighted by Gasteiger charge is 2.75. The van der Waals surface area contributed by atoms with Crippen molar-refractivity contribution in [2.45, 2.75) is 37.8 Å². The Morgan fingerprint density at radius 2 is 2.20 bits per heavy atom. The van der Waals surface area contributed by atoms with Gasteiger partial charge in [-0.2, -0.15) is 0 Å². The first-order valence-corrected chi connectivity index (χ1v) is 8.55. The standard InChI is InChI=1S/C15H18F2N4O3S/c1-7(10-2-8(4-25-10)11(18)19)20-12(22)9-3-14(5-15(14,16)17)6-21(9)13(23)24/h2,4,7,9H,3,5-6H2,1H3,(H3,18,19)(H,20,22)(H,23,24)/t7-,9+,14+/m1/s1. The lowest BCUT2D eigenvalue weighted by atomic mass is 10.0. The van der Waals surface area contributed by atoms with E-state index in [-0.39, 0.29) is 25.2 Å². The zero-order chi connectivity index (χ0) is 18.6. The van der Waals surface area contributed by atoms with E-state index in [1.807, 2.05) is 0 Å². The molecule has 136 valence electrons. The molecule has 1 aromatic rings. The van der Waals surface area contributed by atoms with Gasteiger partial charge in [0.25, 0.3) is 5.92 Å². The normalized spacial score (nSPS) is 28.0. The maximum Gasteiger partial charge on any atom is 0.408 e. The van der Waals surface area contributed by atoms with Gasteiger partial charge < -0.3 is 16.2 Å². The number of nitrogens with two attached hydrogens (primary N) is 1. The minimum Gasteiger partial charge on any atom is -0.465 e. The minimum absolute atomic E-state index is 0.0909. The number of carbonyl (C=O) groups excluding carboxylic acids is 1. The lowest BCUT2D eigenvalue weighted by Crippen LogP contribution is -2.45. The van der Waals surface area contributed by atoms with Crippen molar-refractivity contribution in [2.24, 2.45) is 11.1 Å². The van der Waals surface area contributed by atoms with Crippen LogP contribution in [0.3, 0.4) is 0 Å². The van der Waals surface area contributed by atoms with Crippen LogP contribution in [0.5, 0.6) is 0 Å². The average Bonchev–Trinajstić information content (AvgIpc) is 2.94. The second-order valence-electron chi connectivity index (χ2n) is 6.67. The molecule has 10 heteroatoms. The molecule has 2 heterocycles. The molecular weight excluding hydrogens is 354 g/mol. The molecule has 1 saturated heterocycles. The Morgan fingerprint density at radius 1 is 1.56 bits per heavy atom. The number of nitrogens with one attached hydrogen (secondary N) is 2. The Morgan fingerprint density at radius 3 is 2.68 bits per heavy atom. The molecule has 5 N–H and O–H groups in total. The first kappa shape index (κ1) is 17.6. The maximum absolute atomic E-state index is 13.6. The van der Waals surface area contributed by atoms with E-state index in [2.05, 4.69) is 5.32 Å². The fourth-order valence-corrected chi connectivity index (χ4v) is 4.21. The van der Waals surface area contributed by atoms with E-state index in [4.69, 9.17) is 11.1 Å². The number of hydrogen-bond donors (Lipinski definition) is 4. The number of amides is 2. The second-order valence-corrected chi connectivity index (χ2v) is 7.62. The molecule has 0 bridgehead atoms. The first-order valence-electron chi connectivity index (χ1n) is 7.67. The van der Waals surface area contributed by atoms with Crippen LogP contribution in [-0.4, -0.2) is 46.4 Å². The van der Waals surface area contributed by atoms with Crippen LogP contribution in [0.1, 0.15) is 36.2 Å². The van der Waals surface area contributed by atoms with Gasteiger partial charge in [-0.25, -0.2) is 13.6 Å². The van der Waals surface area contributed by atoms with Crippen LogP contribution in [0.25, 0.3) is 0 Å². The summed E-state index contributed by atoms with van der Waals surface area (Å²) in [5.74, 6) is -3.59. The van der Waals surface area contributed by atoms with Crippen molar-refractivity contribution in [3.63, 3.8) is 0 Å². The predicted molar refractivity (Wildman–Crippen MR) is 87.0 cm³/mol. The number of carboxylic acid groups (broad SMARTS) is 1. The number of alkyl halides is 2. The van der Waals surface area contributed by atoms with Gasteiger partial charge >= 0.3 is 6.09 Å². The van der Waals surface area contributed by atoms with Crippen molar-refractivity contribution in [1.82, 2.24) is 10.2 Å². The van der Waals surface area contributed by atoms with Crippen LogP contribution >= 0.6 is 11.3 Å². The Hall–Kier alpha value is -2.23. The van der Waals surface area contributed by atoms with E-state index in [0.29, 0.717) is 5.56 Å². The Labute approximate surface area is 146 Å². The molecular formula is C15H18F2N4O3S. The molecule has 1 aliphatic heterocycles. The summed E-state index contributed by atoms with van der Waals surface area (Å²) in [5.41, 5.74) is 4.53. The van der Waals surface area contributed by atoms with Gasteiger partial charge in [-0.1, -0.05) is 0 Å². The number of rotatable bonds is 4. The number of thiophene rings is 1. The monoisotopic (exact) mass is 372 g/mol. The smallest absolute Gasteiger partial charge is 0.408 e. The topological polar surface area (TPSA) is 120 Å². The number of halogens is 2. The zero-order valence-corrected chi connectivity index (χ0v) is 14.2. The van der Waals surface area contributed by atoms with Crippen molar-refractivity contribution in [3.8, 4) is 0 Å². The first-order chi connectivity index (χ1) is 11.6. The fraction of sp³-hybridized carbons (Fsp3) is 0.533. The van der Waals surface area contributed by atoms with E-state index >= 15 is 0 Å². The Kier molecular flexibility index (Phi) is 3.98. The Balaban J connectivity index is 1.71. The number of carbonyl (C=O) groups is 2. The molecule has 25 heavy (non-hydrogen) atoms. The summed E-state index contributed by atoms with van der Waals surface area (Å²) in [6.45, 7) is 1.38. The van der Waals surface area contributed by atoms with Crippen LogP contribution in [-0.2, 0) is 4.79 Å². The summed E-state index contributed by atoms with van der Waals surface area (Å²) in [4.78, 5) is 25.4. The van der Waals surface area contributed by atoms with Crippen molar-refractivity contribution < 1.29 is 23.5 Å². The van der Waals surface area contributed by atoms with E-state index in [1.54, 1.807) is 18.4 Å². The van der Waals surface area contributed by atoms with Gasteiger partial charge in [-0.3, -0.25) is 15.1 Å². The molecule has 2 fully saturated rings. The molecule has 1 spiro atoms. The molecule has 0 aromatic carbocycles. The second kappa shape index (κ2) is 5.65. The summed E-state index contributed by atoms with van der Waals surface area (Å²) in [6, 6.07) is 0.0935. The van der Waals surface area contributed by atoms with Gasteiger partial charge in [-0.15, -0.1) is 11.3 Å². The van der Waals surface area contributed by atoms with Gasteiger partial charge in [0.05, 0.1) is 11.5 Å². The highest BCUT2D eigenvalue weighted by Crippen LogP contribution is 2.66. The summed E-state index contributed by atoms with van der Waals surface area (Å²) >= 11 is 1.30. The third-order valence-electron chi connectivity index (χ3n) is 4.91. The molecule has 1 aliphatic carbocycles. The predicted octanol–water partition coefficient (Wildman–Crippen LogP) is 1.99. The molecule has 7 nitrogen and oxygen atoms in total. The van der Waals surface area contributed by atoms with Crippen LogP contribution < -0.4 is 11.1 Å². The van der Waals surface area contributed by atoms with Crippen molar-refractivity contribution >= 4 is 29.2 Å². The van der Waals surface area contributed by atoms with E-state index < -0.39 is 35.4 Å². The molecule has 2 aliphatic rings. The summed E-state index contributed by atoms with van der Waals surface area (Å²) in [6.07, 6.45) is -1.92. The molecule has 1 aromatic heterocycles. The van der Waals surface area contributed by atoms with Crippen LogP contribution in [0.4, 0.5) is 13.6 Å². The van der Waals surface area contributed by atoms with Crippen molar-refractivity contribution in [2.75, 3.05) is 6.54 Å². The average molecular weight is 372 g/mol. The highest BCUT2D eigenvalue weighted by molar-refractivity contribution is 7.10. The van der Waals surface area contributed by atoms with Crippen LogP contribution in [0, 0.1) is 10.8 Å². The molecule has 3 atom stereocenters. The number of likely N-dealkylation sites (tertiary alicyclic amines) is 1. The SMILES string of the molecule is C[C@@H](NC(=O)[C@@H]1C[C@@]2(CN1C(=O)O)CC2(F)F)c1cc(C(=N)N)cs1. The molecule has 2 amide bonds. The number of hydrogen-bond acceptors (Lipinski definition) is 4. The molecule has 1 saturated carbocycles. The van der Waals surface area contributed by atoms with Gasteiger partial charge in [0.2, 0.25) is 5.91 Å². The van der Waals surface area contributed by atoms with Crippen molar-refractivity contribution in [1.29, 1.82) is 5.41 Å². The van der Waals surface area contributed by atoms with Crippen molar-refractivity contribution in [3.05, 3.63) is 21.9 Å². The zero-order valence-electron chi connectivity index (χ0n) is 13.4. The largest absolute Gasteiger partial charge is 0.465 e. The number of amidine groups is 1. The quantitative estimate of drug-likeness (QED) is 0.477. The molecule has 0 radical (unpaired) electrons. The summed E-state index contributed by atoms with van der Waals surface area (Å²) < 4.78 is 27.2. The number of nitrogen functional groups attached to an aromatic ring is 1. The maximum atomic E-state index is 13.6. The lowest BCUT2D eigenvalue weighted by Gasteiger charge is -2.22. The Bertz CT molecular complexity index is 753. The third-order valence-corrected chi connectivity index (χ3v) is 6.02. The minimum atomic E-state index is -2.91. The molecule has 0 unspecified atom stereocenters. The van der Waals surface area contributed by atoms with Gasteiger partial charge in [0.1, 0.15) is 11.9 Å². The number of nitrogens with zero attached hydrogens (tertiary/aromatic N) is 1. The van der Waals surface area contributed by atoms with E-state index in [1.165, 1.54) is 11.3 Å². The lowest BCUT2D eigenvalue weighted by molar-refractivity contribution is -0.125. The van der Waals surface area contributed by atoms with E-state index in [9.17, 15) is 23.5 Å². The van der Waals surface area contributed by atoms with E-state index in [0.717, 1.165) is 9.78 Å². The molecule has 3 rings (SSSR count). The van der Waals surface area contributed by atoms with Gasteiger partial charge in [0.15, 0.2) is 0 Å². The van der Waals surface area contributed by atoms with Crippen LogP contribution in [0.15, 0.2) is 11.4 Å². The summed E-state index contributed by atoms with van der Waals surface area (Å²) in [7, 11) is 0. The van der Waals surface area contributed by atoms with Gasteiger partial charge in [-0.05, 0) is 19.4 Å². The highest BCUT2D eigenvalue weighted by atomic mass is 32.1. The van der Waals surface area contributed by atoms with Crippen LogP contribution in [0.2, 0.25) is 0 Å². The van der Waals surface area contributed by atoms with Gasteiger partial charge in [0, 0.05) is 28.8 Å².